The highest BCUT2D eigenvalue weighted by molar-refractivity contribution is 6.00. The highest BCUT2D eigenvalue weighted by Crippen LogP contribution is 2.36. The van der Waals surface area contributed by atoms with Crippen molar-refractivity contribution in [1.29, 1.82) is 0 Å². The molecule has 0 aromatic heterocycles. The van der Waals surface area contributed by atoms with Crippen molar-refractivity contribution in [2.75, 3.05) is 46.4 Å². The molecule has 30 heavy (non-hydrogen) atoms. The maximum Gasteiger partial charge on any atom is 0.127 e. The van der Waals surface area contributed by atoms with Crippen LogP contribution in [0, 0.1) is 0 Å². The van der Waals surface area contributed by atoms with E-state index in [4.69, 9.17) is 4.74 Å². The average Bonchev–Trinajstić information content (AvgIpc) is 2.79. The van der Waals surface area contributed by atoms with Crippen LogP contribution in [0.2, 0.25) is 0 Å². The van der Waals surface area contributed by atoms with E-state index in [0.29, 0.717) is 6.54 Å². The second kappa shape index (κ2) is 9.58. The van der Waals surface area contributed by atoms with E-state index in [2.05, 4.69) is 22.9 Å². The molecule has 5 nitrogen and oxygen atoms in total. The first-order chi connectivity index (χ1) is 14.7. The largest absolute Gasteiger partial charge is 0.490 e. The molecule has 1 aliphatic heterocycles. The van der Waals surface area contributed by atoms with Gasteiger partial charge in [-0.2, -0.15) is 0 Å². The highest BCUT2D eigenvalue weighted by Gasteiger charge is 2.18. The molecule has 0 amide bonds. The van der Waals surface area contributed by atoms with Gasteiger partial charge in [-0.25, -0.2) is 0 Å². The van der Waals surface area contributed by atoms with Crippen molar-refractivity contribution < 1.29 is 14.9 Å². The number of piperazine rings is 1. The van der Waals surface area contributed by atoms with Crippen LogP contribution in [0.3, 0.4) is 0 Å². The van der Waals surface area contributed by atoms with E-state index in [1.54, 1.807) is 0 Å². The van der Waals surface area contributed by atoms with E-state index in [1.807, 2.05) is 54.6 Å². The molecule has 1 atom stereocenters. The number of hydrogen-bond donors (Lipinski definition) is 2. The Labute approximate surface area is 178 Å². The molecule has 2 N–H and O–H groups in total. The Bertz CT molecular complexity index is 983. The molecule has 0 aliphatic carbocycles. The molecule has 1 heterocycles. The predicted octanol–water partition coefficient (Wildman–Crippen LogP) is 2.99. The molecular formula is C25H30N2O3. The van der Waals surface area contributed by atoms with E-state index >= 15 is 0 Å². The third-order valence-corrected chi connectivity index (χ3v) is 5.86. The summed E-state index contributed by atoms with van der Waals surface area (Å²) in [7, 11) is 2.13. The van der Waals surface area contributed by atoms with Gasteiger partial charge in [-0.15, -0.1) is 0 Å². The van der Waals surface area contributed by atoms with E-state index in [0.717, 1.165) is 59.4 Å². The lowest BCUT2D eigenvalue weighted by atomic mass is 9.94. The van der Waals surface area contributed by atoms with Gasteiger partial charge < -0.3 is 19.8 Å². The first kappa shape index (κ1) is 20.8. The fraction of sp³-hybridized carbons (Fsp3) is 0.360. The fourth-order valence-corrected chi connectivity index (χ4v) is 4.12. The van der Waals surface area contributed by atoms with Crippen LogP contribution in [-0.2, 0) is 6.61 Å². The summed E-state index contributed by atoms with van der Waals surface area (Å²) in [4.78, 5) is 4.60. The maximum atomic E-state index is 10.5. The SMILES string of the molecule is CN1CCN(CC(O)COc2ccc(-c3ccccc3CO)c3ccccc23)CC1. The molecule has 1 fully saturated rings. The van der Waals surface area contributed by atoms with Gasteiger partial charge in [-0.1, -0.05) is 54.6 Å². The summed E-state index contributed by atoms with van der Waals surface area (Å²) >= 11 is 0. The summed E-state index contributed by atoms with van der Waals surface area (Å²) in [5.41, 5.74) is 3.00. The second-order valence-electron chi connectivity index (χ2n) is 8.04. The molecule has 1 unspecified atom stereocenters. The Hall–Kier alpha value is -2.44. The van der Waals surface area contributed by atoms with Gasteiger partial charge >= 0.3 is 0 Å². The summed E-state index contributed by atoms with van der Waals surface area (Å²) in [5, 5.41) is 22.3. The van der Waals surface area contributed by atoms with Crippen LogP contribution in [0.1, 0.15) is 5.56 Å². The van der Waals surface area contributed by atoms with Crippen LogP contribution in [0.15, 0.2) is 60.7 Å². The number of aliphatic hydroxyl groups excluding tert-OH is 2. The molecule has 5 heteroatoms. The molecule has 0 saturated carbocycles. The zero-order chi connectivity index (χ0) is 20.9. The number of hydrogen-bond acceptors (Lipinski definition) is 5. The maximum absolute atomic E-state index is 10.5. The van der Waals surface area contributed by atoms with Gasteiger partial charge in [0, 0.05) is 38.1 Å². The van der Waals surface area contributed by atoms with E-state index < -0.39 is 6.10 Å². The van der Waals surface area contributed by atoms with Gasteiger partial charge in [0.25, 0.3) is 0 Å². The number of fused-ring (bicyclic) bond motifs is 1. The zero-order valence-corrected chi connectivity index (χ0v) is 17.5. The molecule has 0 radical (unpaired) electrons. The van der Waals surface area contributed by atoms with Crippen LogP contribution in [0.5, 0.6) is 5.75 Å². The van der Waals surface area contributed by atoms with E-state index in [1.165, 1.54) is 0 Å². The standard InChI is InChI=1S/C25H30N2O3/c1-26-12-14-27(15-13-26)16-20(29)18-30-25-11-10-23(22-8-4-5-9-24(22)25)21-7-3-2-6-19(21)17-28/h2-11,20,28-29H,12-18H2,1H3. The molecule has 4 rings (SSSR count). The third kappa shape index (κ3) is 4.65. The van der Waals surface area contributed by atoms with Gasteiger partial charge in [0.05, 0.1) is 6.61 Å². The minimum atomic E-state index is -0.526. The Kier molecular flexibility index (Phi) is 6.65. The number of likely N-dealkylation sites (N-methyl/N-ethyl adjacent to an activating group) is 1. The van der Waals surface area contributed by atoms with Crippen LogP contribution in [0.4, 0.5) is 0 Å². The molecule has 3 aromatic rings. The Morgan fingerprint density at radius 2 is 1.57 bits per heavy atom. The third-order valence-electron chi connectivity index (χ3n) is 5.86. The van der Waals surface area contributed by atoms with Gasteiger partial charge in [-0.05, 0) is 35.2 Å². The summed E-state index contributed by atoms with van der Waals surface area (Å²) in [6, 6.07) is 20.1. The Balaban J connectivity index is 1.52. The Morgan fingerprint density at radius 1 is 0.867 bits per heavy atom. The van der Waals surface area contributed by atoms with Crippen molar-refractivity contribution in [3.05, 3.63) is 66.2 Å². The predicted molar refractivity (Wildman–Crippen MR) is 121 cm³/mol. The smallest absolute Gasteiger partial charge is 0.127 e. The normalized spacial score (nSPS) is 16.6. The fourth-order valence-electron chi connectivity index (χ4n) is 4.12. The lowest BCUT2D eigenvalue weighted by molar-refractivity contribution is 0.0509. The van der Waals surface area contributed by atoms with Crippen molar-refractivity contribution in [2.45, 2.75) is 12.7 Å². The molecule has 158 valence electrons. The number of aliphatic hydroxyl groups is 2. The van der Waals surface area contributed by atoms with E-state index in [-0.39, 0.29) is 13.2 Å². The quantitative estimate of drug-likeness (QED) is 0.632. The molecule has 0 bridgehead atoms. The number of β-amino-alcohol motifs (C(OH)–C–C–N with tert-alkyl or cyclic N) is 1. The van der Waals surface area contributed by atoms with Crippen molar-refractivity contribution in [3.63, 3.8) is 0 Å². The lowest BCUT2D eigenvalue weighted by Crippen LogP contribution is -2.47. The average molecular weight is 407 g/mol. The second-order valence-corrected chi connectivity index (χ2v) is 8.04. The first-order valence-corrected chi connectivity index (χ1v) is 10.6. The van der Waals surface area contributed by atoms with Crippen LogP contribution >= 0.6 is 0 Å². The summed E-state index contributed by atoms with van der Waals surface area (Å²) in [5.74, 6) is 0.772. The molecule has 1 saturated heterocycles. The first-order valence-electron chi connectivity index (χ1n) is 10.6. The summed E-state index contributed by atoms with van der Waals surface area (Å²) < 4.78 is 6.05. The van der Waals surface area contributed by atoms with Crippen molar-refractivity contribution >= 4 is 10.8 Å². The minimum Gasteiger partial charge on any atom is -0.490 e. The molecule has 0 spiro atoms. The van der Waals surface area contributed by atoms with Crippen molar-refractivity contribution in [3.8, 4) is 16.9 Å². The monoisotopic (exact) mass is 406 g/mol. The van der Waals surface area contributed by atoms with Gasteiger partial charge in [0.15, 0.2) is 0 Å². The van der Waals surface area contributed by atoms with Gasteiger partial charge in [0.1, 0.15) is 18.5 Å². The number of rotatable bonds is 7. The topological polar surface area (TPSA) is 56.2 Å². The van der Waals surface area contributed by atoms with Gasteiger partial charge in [0.2, 0.25) is 0 Å². The zero-order valence-electron chi connectivity index (χ0n) is 17.5. The number of ether oxygens (including phenoxy) is 1. The van der Waals surface area contributed by atoms with Crippen molar-refractivity contribution in [1.82, 2.24) is 9.80 Å². The minimum absolute atomic E-state index is 0.00123. The van der Waals surface area contributed by atoms with Gasteiger partial charge in [-0.3, -0.25) is 4.90 Å². The molecule has 3 aromatic carbocycles. The van der Waals surface area contributed by atoms with Crippen LogP contribution in [-0.4, -0.2) is 72.5 Å². The van der Waals surface area contributed by atoms with Crippen LogP contribution < -0.4 is 4.74 Å². The molecular weight excluding hydrogens is 376 g/mol. The number of benzene rings is 3. The van der Waals surface area contributed by atoms with E-state index in [9.17, 15) is 10.2 Å². The van der Waals surface area contributed by atoms with Crippen molar-refractivity contribution in [2.24, 2.45) is 0 Å². The highest BCUT2D eigenvalue weighted by atomic mass is 16.5. The molecule has 1 aliphatic rings. The summed E-state index contributed by atoms with van der Waals surface area (Å²) in [6.07, 6.45) is -0.526. The lowest BCUT2D eigenvalue weighted by Gasteiger charge is -2.33. The Morgan fingerprint density at radius 3 is 2.33 bits per heavy atom. The number of nitrogens with zero attached hydrogens (tertiary/aromatic N) is 2. The summed E-state index contributed by atoms with van der Waals surface area (Å²) in [6.45, 7) is 4.94. The van der Waals surface area contributed by atoms with Crippen LogP contribution in [0.25, 0.3) is 21.9 Å².